The molecule has 0 aliphatic heterocycles. The Balaban J connectivity index is 2.39. The first-order chi connectivity index (χ1) is 10.7. The van der Waals surface area contributed by atoms with E-state index in [1.54, 1.807) is 6.92 Å². The van der Waals surface area contributed by atoms with Crippen molar-refractivity contribution in [2.75, 3.05) is 11.1 Å². The van der Waals surface area contributed by atoms with E-state index in [1.165, 1.54) is 14.1 Å². The van der Waals surface area contributed by atoms with Crippen molar-refractivity contribution in [3.05, 3.63) is 56.2 Å². The summed E-state index contributed by atoms with van der Waals surface area (Å²) in [6.07, 6.45) is 0. The van der Waals surface area contributed by atoms with Gasteiger partial charge in [0.1, 0.15) is 11.4 Å². The zero-order chi connectivity index (χ0) is 17.3. The normalized spacial score (nSPS) is 12.0. The van der Waals surface area contributed by atoms with E-state index in [9.17, 15) is 14.4 Å². The average Bonchev–Trinajstić information content (AvgIpc) is 2.53. The number of rotatable bonds is 4. The Morgan fingerprint density at radius 1 is 1.13 bits per heavy atom. The lowest BCUT2D eigenvalue weighted by Gasteiger charge is -2.16. The predicted octanol–water partition coefficient (Wildman–Crippen LogP) is 0.658. The lowest BCUT2D eigenvalue weighted by molar-refractivity contribution is 0.0973. The fourth-order valence-electron chi connectivity index (χ4n) is 2.27. The zero-order valence-corrected chi connectivity index (χ0v) is 13.6. The van der Waals surface area contributed by atoms with Crippen molar-refractivity contribution in [1.82, 2.24) is 9.13 Å². The fraction of sp³-hybridized carbons (Fsp3) is 0.312. The molecule has 7 nitrogen and oxygen atoms in total. The van der Waals surface area contributed by atoms with Gasteiger partial charge < -0.3 is 11.1 Å². The first-order valence-electron chi connectivity index (χ1n) is 7.17. The van der Waals surface area contributed by atoms with Crippen LogP contribution in [0, 0.1) is 6.92 Å². The predicted molar refractivity (Wildman–Crippen MR) is 89.9 cm³/mol. The van der Waals surface area contributed by atoms with Crippen LogP contribution in [0.2, 0.25) is 0 Å². The molecule has 0 spiro atoms. The van der Waals surface area contributed by atoms with Gasteiger partial charge in [0.25, 0.3) is 5.56 Å². The molecular formula is C16H20N4O3. The van der Waals surface area contributed by atoms with Gasteiger partial charge in [0, 0.05) is 19.8 Å². The lowest BCUT2D eigenvalue weighted by Crippen LogP contribution is -2.43. The van der Waals surface area contributed by atoms with E-state index in [0.29, 0.717) is 0 Å². The van der Waals surface area contributed by atoms with E-state index < -0.39 is 23.1 Å². The molecule has 0 saturated carbocycles. The molecule has 0 fully saturated rings. The number of Topliss-reactive ketones (excluding diaryl/α,β-unsaturated/α-hetero) is 1. The summed E-state index contributed by atoms with van der Waals surface area (Å²) in [6.45, 7) is 3.61. The molecular weight excluding hydrogens is 296 g/mol. The maximum Gasteiger partial charge on any atom is 0.332 e. The highest BCUT2D eigenvalue weighted by atomic mass is 16.2. The Bertz CT molecular complexity index is 863. The third-order valence-corrected chi connectivity index (χ3v) is 3.78. The fourth-order valence-corrected chi connectivity index (χ4v) is 2.27. The molecule has 3 N–H and O–H groups in total. The number of hydrogen-bond acceptors (Lipinski definition) is 5. The van der Waals surface area contributed by atoms with Gasteiger partial charge in [-0.05, 0) is 26.0 Å². The van der Waals surface area contributed by atoms with Crippen LogP contribution in [0.3, 0.4) is 0 Å². The maximum absolute atomic E-state index is 12.6. The summed E-state index contributed by atoms with van der Waals surface area (Å²) in [5, 5.41) is 3.03. The number of nitrogens with zero attached hydrogens (tertiary/aromatic N) is 2. The third kappa shape index (κ3) is 3.03. The molecule has 2 aromatic rings. The van der Waals surface area contributed by atoms with E-state index in [0.717, 1.165) is 20.4 Å². The molecule has 122 valence electrons. The van der Waals surface area contributed by atoms with Crippen LogP contribution >= 0.6 is 0 Å². The van der Waals surface area contributed by atoms with Crippen LogP contribution in [0.4, 0.5) is 11.5 Å². The number of aryl methyl sites for hydroxylation is 1. The Morgan fingerprint density at radius 3 is 2.26 bits per heavy atom. The van der Waals surface area contributed by atoms with Gasteiger partial charge in [0.05, 0.1) is 6.04 Å². The van der Waals surface area contributed by atoms with Crippen molar-refractivity contribution in [2.45, 2.75) is 19.9 Å². The summed E-state index contributed by atoms with van der Waals surface area (Å²) in [5.74, 6) is -0.583. The second-order valence-corrected chi connectivity index (χ2v) is 5.56. The highest BCUT2D eigenvalue weighted by Gasteiger charge is 2.24. The first kappa shape index (κ1) is 16.5. The number of carbonyl (C=O) groups is 1. The number of benzene rings is 1. The standard InChI is InChI=1S/C16H20N4O3/c1-9-5-7-11(8-6-9)18-10(2)13(21)12-14(17)19(3)16(23)20(4)15(12)22/h5-8,10,18H,17H2,1-4H3. The van der Waals surface area contributed by atoms with Crippen LogP contribution in [-0.2, 0) is 14.1 Å². The molecule has 2 rings (SSSR count). The van der Waals surface area contributed by atoms with Gasteiger partial charge in [-0.3, -0.25) is 18.7 Å². The smallest absolute Gasteiger partial charge is 0.332 e. The van der Waals surface area contributed by atoms with Crippen LogP contribution in [0.25, 0.3) is 0 Å². The molecule has 0 aliphatic rings. The number of aromatic nitrogens is 2. The number of ketones is 1. The van der Waals surface area contributed by atoms with Crippen LogP contribution in [0.15, 0.2) is 33.9 Å². The largest absolute Gasteiger partial charge is 0.384 e. The van der Waals surface area contributed by atoms with E-state index in [-0.39, 0.29) is 11.4 Å². The zero-order valence-electron chi connectivity index (χ0n) is 13.6. The molecule has 1 aromatic carbocycles. The van der Waals surface area contributed by atoms with Crippen molar-refractivity contribution in [1.29, 1.82) is 0 Å². The van der Waals surface area contributed by atoms with Gasteiger partial charge in [0.15, 0.2) is 5.78 Å². The number of nitrogens with one attached hydrogen (secondary N) is 1. The van der Waals surface area contributed by atoms with Gasteiger partial charge in [-0.2, -0.15) is 0 Å². The second kappa shape index (κ2) is 6.12. The van der Waals surface area contributed by atoms with Gasteiger partial charge in [-0.1, -0.05) is 17.7 Å². The van der Waals surface area contributed by atoms with Gasteiger partial charge in [0.2, 0.25) is 0 Å². The SMILES string of the molecule is Cc1ccc(NC(C)C(=O)c2c(N)n(C)c(=O)n(C)c2=O)cc1. The third-order valence-electron chi connectivity index (χ3n) is 3.78. The van der Waals surface area contributed by atoms with Crippen molar-refractivity contribution in [3.8, 4) is 0 Å². The molecule has 0 aliphatic carbocycles. The molecule has 23 heavy (non-hydrogen) atoms. The van der Waals surface area contributed by atoms with E-state index in [2.05, 4.69) is 5.32 Å². The van der Waals surface area contributed by atoms with Crippen molar-refractivity contribution in [3.63, 3.8) is 0 Å². The van der Waals surface area contributed by atoms with Crippen LogP contribution in [0.5, 0.6) is 0 Å². The number of nitrogen functional groups attached to an aromatic ring is 1. The summed E-state index contributed by atoms with van der Waals surface area (Å²) in [7, 11) is 2.74. The number of anilines is 2. The summed E-state index contributed by atoms with van der Waals surface area (Å²) in [6, 6.07) is 6.87. The Hall–Kier alpha value is -2.83. The van der Waals surface area contributed by atoms with Crippen molar-refractivity contribution >= 4 is 17.3 Å². The molecule has 1 aromatic heterocycles. The van der Waals surface area contributed by atoms with Gasteiger partial charge >= 0.3 is 5.69 Å². The molecule has 7 heteroatoms. The molecule has 0 bridgehead atoms. The van der Waals surface area contributed by atoms with Gasteiger partial charge in [-0.15, -0.1) is 0 Å². The molecule has 0 amide bonds. The highest BCUT2D eigenvalue weighted by Crippen LogP contribution is 2.13. The minimum atomic E-state index is -0.687. The van der Waals surface area contributed by atoms with Gasteiger partial charge in [-0.25, -0.2) is 4.79 Å². The molecule has 1 atom stereocenters. The Kier molecular flexibility index (Phi) is 4.40. The second-order valence-electron chi connectivity index (χ2n) is 5.56. The maximum atomic E-state index is 12.6. The summed E-state index contributed by atoms with van der Waals surface area (Å²) < 4.78 is 1.97. The first-order valence-corrected chi connectivity index (χ1v) is 7.17. The van der Waals surface area contributed by atoms with Crippen molar-refractivity contribution in [2.24, 2.45) is 14.1 Å². The minimum absolute atomic E-state index is 0.124. The number of carbonyl (C=O) groups excluding carboxylic acids is 1. The summed E-state index contributed by atoms with van der Waals surface area (Å²) >= 11 is 0. The Labute approximate surface area is 133 Å². The molecule has 0 saturated heterocycles. The topological polar surface area (TPSA) is 99.1 Å². The molecule has 0 radical (unpaired) electrons. The van der Waals surface area contributed by atoms with E-state index >= 15 is 0 Å². The highest BCUT2D eigenvalue weighted by molar-refractivity contribution is 6.04. The quantitative estimate of drug-likeness (QED) is 0.807. The van der Waals surface area contributed by atoms with E-state index in [4.69, 9.17) is 5.73 Å². The summed E-state index contributed by atoms with van der Waals surface area (Å²) in [4.78, 5) is 36.6. The molecule has 1 unspecified atom stereocenters. The van der Waals surface area contributed by atoms with Crippen LogP contribution in [-0.4, -0.2) is 21.0 Å². The summed E-state index contributed by atoms with van der Waals surface area (Å²) in [5.41, 5.74) is 6.24. The number of nitrogens with two attached hydrogens (primary N) is 1. The number of hydrogen-bond donors (Lipinski definition) is 2. The van der Waals surface area contributed by atoms with Crippen LogP contribution < -0.4 is 22.3 Å². The molecule has 1 heterocycles. The van der Waals surface area contributed by atoms with Crippen LogP contribution in [0.1, 0.15) is 22.8 Å². The Morgan fingerprint density at radius 2 is 1.70 bits per heavy atom. The minimum Gasteiger partial charge on any atom is -0.384 e. The van der Waals surface area contributed by atoms with Crippen molar-refractivity contribution < 1.29 is 4.79 Å². The van der Waals surface area contributed by atoms with E-state index in [1.807, 2.05) is 31.2 Å². The monoisotopic (exact) mass is 316 g/mol. The average molecular weight is 316 g/mol. The lowest BCUT2D eigenvalue weighted by atomic mass is 10.1.